The van der Waals surface area contributed by atoms with Gasteiger partial charge >= 0.3 is 17.9 Å². The molecule has 4 rings (SSSR count). The van der Waals surface area contributed by atoms with E-state index in [4.69, 9.17) is 25.2 Å². The maximum atomic E-state index is 13.7. The fourth-order valence-electron chi connectivity index (χ4n) is 5.37. The summed E-state index contributed by atoms with van der Waals surface area (Å²) in [4.78, 5) is 51.6. The minimum absolute atomic E-state index is 0.102. The Morgan fingerprint density at radius 1 is 1.14 bits per heavy atom. The molecule has 1 spiro atoms. The fraction of sp³-hybridized carbons (Fsp3) is 0.536. The molecule has 2 aliphatic heterocycles. The Morgan fingerprint density at radius 3 is 2.31 bits per heavy atom. The molecule has 0 bridgehead atoms. The van der Waals surface area contributed by atoms with E-state index in [0.29, 0.717) is 13.0 Å². The van der Waals surface area contributed by atoms with Crippen molar-refractivity contribution in [3.05, 3.63) is 51.7 Å². The van der Waals surface area contributed by atoms with Crippen LogP contribution in [0.4, 0.5) is 4.39 Å². The third-order valence-electron chi connectivity index (χ3n) is 7.46. The van der Waals surface area contributed by atoms with Gasteiger partial charge in [0.2, 0.25) is 5.91 Å². The molecule has 12 nitrogen and oxygen atoms in total. The van der Waals surface area contributed by atoms with Crippen molar-refractivity contribution in [3.8, 4) is 0 Å². The van der Waals surface area contributed by atoms with Crippen molar-refractivity contribution in [3.63, 3.8) is 0 Å². The lowest BCUT2D eigenvalue weighted by Gasteiger charge is -2.45. The van der Waals surface area contributed by atoms with E-state index in [2.05, 4.69) is 9.88 Å². The molecule has 42 heavy (non-hydrogen) atoms. The number of hydrogen-bond acceptors (Lipinski definition) is 9. The monoisotopic (exact) mass is 609 g/mol. The number of thiazole rings is 1. The zero-order valence-corrected chi connectivity index (χ0v) is 24.3. The highest BCUT2D eigenvalue weighted by molar-refractivity contribution is 7.07. The van der Waals surface area contributed by atoms with Gasteiger partial charge < -0.3 is 35.0 Å². The molecule has 1 fully saturated rings. The maximum absolute atomic E-state index is 13.7. The molecule has 1 amide bonds. The number of amides is 1. The highest BCUT2D eigenvalue weighted by Gasteiger charge is 2.42. The Morgan fingerprint density at radius 2 is 1.79 bits per heavy atom. The van der Waals surface area contributed by atoms with Crippen LogP contribution in [0.5, 0.6) is 0 Å². The highest BCUT2D eigenvalue weighted by Crippen LogP contribution is 2.41. The first-order chi connectivity index (χ1) is 19.7. The van der Waals surface area contributed by atoms with Crippen LogP contribution in [0.25, 0.3) is 0 Å². The lowest BCUT2D eigenvalue weighted by atomic mass is 9.79. The molecule has 0 saturated carbocycles. The number of benzene rings is 1. The molecule has 1 saturated heterocycles. The van der Waals surface area contributed by atoms with Crippen LogP contribution in [0.2, 0.25) is 0 Å². The van der Waals surface area contributed by atoms with Crippen molar-refractivity contribution < 1.29 is 48.7 Å². The lowest BCUT2D eigenvalue weighted by molar-refractivity contribution is -0.170. The van der Waals surface area contributed by atoms with Crippen molar-refractivity contribution in [1.29, 1.82) is 0 Å². The van der Waals surface area contributed by atoms with Crippen molar-refractivity contribution in [2.45, 2.75) is 49.7 Å². The summed E-state index contributed by atoms with van der Waals surface area (Å²) in [5.74, 6) is -5.15. The van der Waals surface area contributed by atoms with Crippen LogP contribution in [-0.2, 0) is 42.4 Å². The molecule has 1 atom stereocenters. The molecule has 1 unspecified atom stereocenters. The van der Waals surface area contributed by atoms with Crippen molar-refractivity contribution >= 4 is 35.2 Å². The topological polar surface area (TPSA) is 178 Å². The van der Waals surface area contributed by atoms with Gasteiger partial charge in [0.25, 0.3) is 0 Å². The van der Waals surface area contributed by atoms with Gasteiger partial charge in [-0.1, -0.05) is 6.07 Å². The molecular weight excluding hydrogens is 573 g/mol. The Balaban J connectivity index is 0.000000316. The molecule has 1 aromatic heterocycles. The van der Waals surface area contributed by atoms with Gasteiger partial charge in [0.1, 0.15) is 5.82 Å². The average Bonchev–Trinajstić information content (AvgIpc) is 3.42. The van der Waals surface area contributed by atoms with E-state index in [1.165, 1.54) is 0 Å². The smallest absolute Gasteiger partial charge is 0.336 e. The Labute approximate surface area is 246 Å². The minimum Gasteiger partial charge on any atom is -0.481 e. The van der Waals surface area contributed by atoms with Gasteiger partial charge in [-0.3, -0.25) is 14.4 Å². The molecule has 3 heterocycles. The van der Waals surface area contributed by atoms with Gasteiger partial charge in [-0.25, -0.2) is 14.2 Å². The van der Waals surface area contributed by atoms with Gasteiger partial charge in [-0.05, 0) is 42.5 Å². The molecular formula is C28H36FN3O9S. The largest absolute Gasteiger partial charge is 0.481 e. The van der Waals surface area contributed by atoms with Gasteiger partial charge in [0.05, 0.1) is 42.2 Å². The van der Waals surface area contributed by atoms with E-state index >= 15 is 0 Å². The third-order valence-corrected chi connectivity index (χ3v) is 8.10. The number of halogens is 1. The van der Waals surface area contributed by atoms with E-state index < -0.39 is 36.4 Å². The summed E-state index contributed by atoms with van der Waals surface area (Å²) in [5, 5.41) is 35.8. The average molecular weight is 610 g/mol. The lowest BCUT2D eigenvalue weighted by Crippen LogP contribution is -2.49. The molecule has 1 aromatic carbocycles. The highest BCUT2D eigenvalue weighted by atomic mass is 32.1. The van der Waals surface area contributed by atoms with Crippen LogP contribution >= 0.6 is 11.3 Å². The number of carbonyl (C=O) groups is 4. The van der Waals surface area contributed by atoms with Crippen molar-refractivity contribution in [2.75, 3.05) is 40.3 Å². The Kier molecular flexibility index (Phi) is 11.1. The van der Waals surface area contributed by atoms with Gasteiger partial charge in [0.15, 0.2) is 5.60 Å². The number of aromatic nitrogens is 1. The van der Waals surface area contributed by atoms with Crippen LogP contribution in [0.15, 0.2) is 29.1 Å². The van der Waals surface area contributed by atoms with Crippen LogP contribution in [0.3, 0.4) is 0 Å². The van der Waals surface area contributed by atoms with Crippen LogP contribution in [0, 0.1) is 11.7 Å². The molecule has 230 valence electrons. The number of piperidine rings is 1. The molecule has 0 radical (unpaired) electrons. The standard InChI is InChI=1S/C22H28FN3O2S.C6H8O7/c1-25(2)21(27)17(12-19-14-29-15-24-19)13-26-8-6-22(7-9-26)20-4-3-18(23)11-16(20)5-10-28-22;7-3(8)1-6(13,5(11)12)2-4(9)10/h3-4,11,14-15,17H,5-10,12-13H2,1-2H3;13H,1-2H2,(H,7,8)(H,9,10)(H,11,12). The van der Waals surface area contributed by atoms with Crippen LogP contribution < -0.4 is 0 Å². The molecule has 14 heteroatoms. The number of carboxylic acid groups (broad SMARTS) is 3. The normalized spacial score (nSPS) is 17.0. The number of aliphatic carboxylic acids is 3. The predicted octanol–water partition coefficient (Wildman–Crippen LogP) is 1.84. The maximum Gasteiger partial charge on any atom is 0.336 e. The Hall–Kier alpha value is -3.46. The first kappa shape index (κ1) is 33.0. The molecule has 2 aliphatic rings. The zero-order chi connectivity index (χ0) is 31.1. The minimum atomic E-state index is -2.74. The number of carbonyl (C=O) groups excluding carboxylic acids is 1. The zero-order valence-electron chi connectivity index (χ0n) is 23.5. The fourth-order valence-corrected chi connectivity index (χ4v) is 5.94. The summed E-state index contributed by atoms with van der Waals surface area (Å²) in [7, 11) is 3.63. The number of aliphatic hydroxyl groups is 1. The van der Waals surface area contributed by atoms with Gasteiger partial charge in [-0.2, -0.15) is 0 Å². The summed E-state index contributed by atoms with van der Waals surface area (Å²) in [5.41, 5.74) is 1.97. The van der Waals surface area contributed by atoms with Gasteiger partial charge in [0, 0.05) is 45.5 Å². The second kappa shape index (κ2) is 14.1. The quantitative estimate of drug-likeness (QED) is 0.309. The van der Waals surface area contributed by atoms with Crippen LogP contribution in [0.1, 0.15) is 42.5 Å². The number of rotatable bonds is 10. The summed E-state index contributed by atoms with van der Waals surface area (Å²) >= 11 is 1.56. The van der Waals surface area contributed by atoms with E-state index in [1.807, 2.05) is 31.1 Å². The predicted molar refractivity (Wildman–Crippen MR) is 149 cm³/mol. The van der Waals surface area contributed by atoms with E-state index in [9.17, 15) is 23.6 Å². The molecule has 4 N–H and O–H groups in total. The first-order valence-electron chi connectivity index (χ1n) is 13.4. The number of likely N-dealkylation sites (tertiary alicyclic amines) is 1. The summed E-state index contributed by atoms with van der Waals surface area (Å²) in [6.07, 6.45) is 0.881. The Bertz CT molecular complexity index is 1250. The van der Waals surface area contributed by atoms with E-state index in [0.717, 1.165) is 55.7 Å². The third kappa shape index (κ3) is 8.53. The molecule has 0 aliphatic carbocycles. The second-order valence-electron chi connectivity index (χ2n) is 10.8. The summed E-state index contributed by atoms with van der Waals surface area (Å²) in [6.45, 7) is 3.10. The number of nitrogens with zero attached hydrogens (tertiary/aromatic N) is 3. The van der Waals surface area contributed by atoms with E-state index in [-0.39, 0.29) is 23.2 Å². The van der Waals surface area contributed by atoms with Gasteiger partial charge in [-0.15, -0.1) is 11.3 Å². The summed E-state index contributed by atoms with van der Waals surface area (Å²) in [6, 6.07) is 5.10. The molecule has 2 aromatic rings. The number of carboxylic acids is 3. The van der Waals surface area contributed by atoms with Crippen molar-refractivity contribution in [2.24, 2.45) is 5.92 Å². The number of fused-ring (bicyclic) bond motifs is 2. The number of ether oxygens (including phenoxy) is 1. The van der Waals surface area contributed by atoms with Crippen LogP contribution in [-0.4, -0.2) is 105 Å². The number of hydrogen-bond donors (Lipinski definition) is 4. The SMILES string of the molecule is CN(C)C(=O)C(Cc1cscn1)CN1CCC2(CC1)OCCc1cc(F)ccc12.O=C(O)CC(O)(CC(=O)O)C(=O)O. The van der Waals surface area contributed by atoms with E-state index in [1.54, 1.807) is 28.4 Å². The second-order valence-corrected chi connectivity index (χ2v) is 11.5. The summed E-state index contributed by atoms with van der Waals surface area (Å²) < 4.78 is 19.9. The first-order valence-corrected chi connectivity index (χ1v) is 14.3. The van der Waals surface area contributed by atoms with Crippen molar-refractivity contribution in [1.82, 2.24) is 14.8 Å².